The minimum absolute atomic E-state index is 0.0161. The number of hydrogen-bond donors (Lipinski definition) is 0. The summed E-state index contributed by atoms with van der Waals surface area (Å²) in [6, 6.07) is 16.2. The monoisotopic (exact) mass is 452 g/mol. The van der Waals surface area contributed by atoms with E-state index >= 15 is 0 Å². The molecular weight excluding hydrogens is 416 g/mol. The van der Waals surface area contributed by atoms with Crippen LogP contribution in [0.1, 0.15) is 42.6 Å². The minimum Gasteiger partial charge on any atom is -0.491 e. The van der Waals surface area contributed by atoms with E-state index < -0.39 is 0 Å². The first-order valence-corrected chi connectivity index (χ1v) is 11.9. The van der Waals surface area contributed by atoms with E-state index in [4.69, 9.17) is 14.2 Å². The van der Waals surface area contributed by atoms with Crippen LogP contribution in [0.15, 0.2) is 48.5 Å². The van der Waals surface area contributed by atoms with Crippen LogP contribution in [0.2, 0.25) is 0 Å². The van der Waals surface area contributed by atoms with Gasteiger partial charge in [0.15, 0.2) is 0 Å². The first-order chi connectivity index (χ1) is 15.9. The van der Waals surface area contributed by atoms with E-state index in [1.165, 1.54) is 5.69 Å². The van der Waals surface area contributed by atoms with Crippen molar-refractivity contribution in [3.63, 3.8) is 0 Å². The predicted octanol–water partition coefficient (Wildman–Crippen LogP) is 4.31. The topological polar surface area (TPSA) is 51.2 Å². The summed E-state index contributed by atoms with van der Waals surface area (Å²) in [7, 11) is 1.72. The lowest BCUT2D eigenvalue weighted by Crippen LogP contribution is -2.61. The van der Waals surface area contributed by atoms with Gasteiger partial charge in [-0.2, -0.15) is 0 Å². The van der Waals surface area contributed by atoms with Gasteiger partial charge in [0.2, 0.25) is 0 Å². The highest BCUT2D eigenvalue weighted by molar-refractivity contribution is 5.94. The van der Waals surface area contributed by atoms with Crippen LogP contribution < -0.4 is 9.64 Å². The lowest BCUT2D eigenvalue weighted by Gasteiger charge is -2.50. The molecule has 33 heavy (non-hydrogen) atoms. The molecule has 1 unspecified atom stereocenters. The molecule has 0 saturated carbocycles. The first kappa shape index (κ1) is 23.6. The first-order valence-electron chi connectivity index (χ1n) is 11.9. The van der Waals surface area contributed by atoms with E-state index in [0.717, 1.165) is 37.2 Å². The smallest absolute Gasteiger partial charge is 0.253 e. The molecule has 2 aromatic carbocycles. The number of amides is 1. The van der Waals surface area contributed by atoms with Gasteiger partial charge in [-0.1, -0.05) is 18.2 Å². The SMILES string of the molecule is COCC1CN(c2ccccc2)CC2(CCN(C(=O)c3ccc(OC(C)C)c(C)c3)CC2)O1. The van der Waals surface area contributed by atoms with Crippen molar-refractivity contribution in [3.8, 4) is 5.75 Å². The fourth-order valence-corrected chi connectivity index (χ4v) is 4.94. The highest BCUT2D eigenvalue weighted by Crippen LogP contribution is 2.35. The number of benzene rings is 2. The number of hydrogen-bond acceptors (Lipinski definition) is 5. The fourth-order valence-electron chi connectivity index (χ4n) is 4.94. The van der Waals surface area contributed by atoms with Crippen molar-refractivity contribution in [1.82, 2.24) is 4.90 Å². The predicted molar refractivity (Wildman–Crippen MR) is 130 cm³/mol. The van der Waals surface area contributed by atoms with Gasteiger partial charge in [0.05, 0.1) is 24.4 Å². The molecule has 0 bridgehead atoms. The molecule has 0 N–H and O–H groups in total. The van der Waals surface area contributed by atoms with Crippen molar-refractivity contribution in [2.45, 2.75) is 51.4 Å². The van der Waals surface area contributed by atoms with E-state index in [9.17, 15) is 4.79 Å². The molecular formula is C27H36N2O4. The Bertz CT molecular complexity index is 938. The Labute approximate surface area is 197 Å². The normalized spacial score (nSPS) is 20.3. The molecule has 6 heteroatoms. The van der Waals surface area contributed by atoms with E-state index in [-0.39, 0.29) is 23.7 Å². The molecule has 0 aromatic heterocycles. The van der Waals surface area contributed by atoms with Crippen LogP contribution in [0.3, 0.4) is 0 Å². The quantitative estimate of drug-likeness (QED) is 0.654. The molecule has 178 valence electrons. The molecule has 1 atom stereocenters. The Morgan fingerprint density at radius 1 is 1.15 bits per heavy atom. The van der Waals surface area contributed by atoms with Gasteiger partial charge in [-0.15, -0.1) is 0 Å². The summed E-state index contributed by atoms with van der Waals surface area (Å²) in [6.45, 7) is 9.58. The summed E-state index contributed by atoms with van der Waals surface area (Å²) >= 11 is 0. The van der Waals surface area contributed by atoms with E-state index in [1.807, 2.05) is 49.9 Å². The Kier molecular flexibility index (Phi) is 7.25. The van der Waals surface area contributed by atoms with Gasteiger partial charge in [0.25, 0.3) is 5.91 Å². The van der Waals surface area contributed by atoms with Crippen molar-refractivity contribution < 1.29 is 19.0 Å². The van der Waals surface area contributed by atoms with Crippen molar-refractivity contribution in [2.24, 2.45) is 0 Å². The van der Waals surface area contributed by atoms with Crippen molar-refractivity contribution in [2.75, 3.05) is 44.8 Å². The zero-order valence-corrected chi connectivity index (χ0v) is 20.3. The number of aryl methyl sites for hydroxylation is 1. The number of carbonyl (C=O) groups excluding carboxylic acids is 1. The highest BCUT2D eigenvalue weighted by atomic mass is 16.5. The molecule has 6 nitrogen and oxygen atoms in total. The number of carbonyl (C=O) groups is 1. The molecule has 0 radical (unpaired) electrons. The van der Waals surface area contributed by atoms with Crippen LogP contribution in [0.5, 0.6) is 5.75 Å². The van der Waals surface area contributed by atoms with Crippen molar-refractivity contribution >= 4 is 11.6 Å². The number of methoxy groups -OCH3 is 1. The Morgan fingerprint density at radius 3 is 2.52 bits per heavy atom. The van der Waals surface area contributed by atoms with Gasteiger partial charge in [0.1, 0.15) is 5.75 Å². The largest absolute Gasteiger partial charge is 0.491 e. The maximum atomic E-state index is 13.2. The number of morpholine rings is 1. The van der Waals surface area contributed by atoms with Crippen LogP contribution in [-0.2, 0) is 9.47 Å². The van der Waals surface area contributed by atoms with Gasteiger partial charge >= 0.3 is 0 Å². The maximum Gasteiger partial charge on any atom is 0.253 e. The number of para-hydroxylation sites is 1. The molecule has 2 aliphatic rings. The van der Waals surface area contributed by atoms with Crippen molar-refractivity contribution in [1.29, 1.82) is 0 Å². The molecule has 2 aromatic rings. The van der Waals surface area contributed by atoms with Gasteiger partial charge in [-0.3, -0.25) is 4.79 Å². The second kappa shape index (κ2) is 10.1. The maximum absolute atomic E-state index is 13.2. The summed E-state index contributed by atoms with van der Waals surface area (Å²) in [4.78, 5) is 17.6. The van der Waals surface area contributed by atoms with E-state index in [0.29, 0.717) is 25.3 Å². The number of anilines is 1. The third kappa shape index (κ3) is 5.50. The summed E-state index contributed by atoms with van der Waals surface area (Å²) in [5, 5.41) is 0. The van der Waals surface area contributed by atoms with Crippen LogP contribution >= 0.6 is 0 Å². The Hall–Kier alpha value is -2.57. The third-order valence-electron chi connectivity index (χ3n) is 6.54. The van der Waals surface area contributed by atoms with Crippen molar-refractivity contribution in [3.05, 3.63) is 59.7 Å². The number of likely N-dealkylation sites (tertiary alicyclic amines) is 1. The molecule has 2 fully saturated rings. The van der Waals surface area contributed by atoms with E-state index in [2.05, 4.69) is 29.2 Å². The van der Waals surface area contributed by atoms with Crippen LogP contribution in [0, 0.1) is 6.92 Å². The summed E-state index contributed by atoms with van der Waals surface area (Å²) < 4.78 is 17.8. The van der Waals surface area contributed by atoms with E-state index in [1.54, 1.807) is 7.11 Å². The number of nitrogens with zero attached hydrogens (tertiary/aromatic N) is 2. The Balaban J connectivity index is 1.44. The fraction of sp³-hybridized carbons (Fsp3) is 0.519. The lowest BCUT2D eigenvalue weighted by molar-refractivity contribution is -0.145. The average Bonchev–Trinajstić information content (AvgIpc) is 2.81. The third-order valence-corrected chi connectivity index (χ3v) is 6.54. The Morgan fingerprint density at radius 2 is 1.88 bits per heavy atom. The standard InChI is InChI=1S/C27H36N2O4/c1-20(2)32-25-11-10-22(16-21(25)3)26(30)28-14-12-27(13-15-28)19-29(17-24(33-27)18-31-4)23-8-6-5-7-9-23/h5-11,16,20,24H,12-15,17-19H2,1-4H3. The lowest BCUT2D eigenvalue weighted by atomic mass is 9.88. The van der Waals surface area contributed by atoms with Crippen LogP contribution in [-0.4, -0.2) is 68.5 Å². The second-order valence-electron chi connectivity index (χ2n) is 9.53. The molecule has 2 aliphatic heterocycles. The molecule has 2 heterocycles. The van der Waals surface area contributed by atoms with Gasteiger partial charge < -0.3 is 24.0 Å². The molecule has 2 saturated heterocycles. The number of rotatable bonds is 6. The van der Waals surface area contributed by atoms with Gasteiger partial charge in [-0.25, -0.2) is 0 Å². The van der Waals surface area contributed by atoms with Crippen LogP contribution in [0.25, 0.3) is 0 Å². The second-order valence-corrected chi connectivity index (χ2v) is 9.53. The summed E-state index contributed by atoms with van der Waals surface area (Å²) in [6.07, 6.45) is 1.75. The summed E-state index contributed by atoms with van der Waals surface area (Å²) in [5.74, 6) is 0.910. The van der Waals surface area contributed by atoms with Gasteiger partial charge in [-0.05, 0) is 69.5 Å². The zero-order valence-electron chi connectivity index (χ0n) is 20.3. The number of piperidine rings is 1. The summed E-state index contributed by atoms with van der Waals surface area (Å²) in [5.41, 5.74) is 2.64. The number of ether oxygens (including phenoxy) is 3. The molecule has 0 aliphatic carbocycles. The average molecular weight is 453 g/mol. The zero-order chi connectivity index (χ0) is 23.4. The minimum atomic E-state index is -0.265. The molecule has 1 amide bonds. The molecule has 4 rings (SSSR count). The van der Waals surface area contributed by atoms with Crippen LogP contribution in [0.4, 0.5) is 5.69 Å². The van der Waals surface area contributed by atoms with Gasteiger partial charge in [0, 0.05) is 44.5 Å². The highest BCUT2D eigenvalue weighted by Gasteiger charge is 2.44. The molecule has 1 spiro atoms.